The number of ketones is 1. The van der Waals surface area contributed by atoms with Gasteiger partial charge in [-0.05, 0) is 40.0 Å². The van der Waals surface area contributed by atoms with Gasteiger partial charge in [0.15, 0.2) is 5.78 Å². The molecule has 30 heavy (non-hydrogen) atoms. The Morgan fingerprint density at radius 2 is 1.67 bits per heavy atom. The maximum Gasteiger partial charge on any atom is 0.408 e. The summed E-state index contributed by atoms with van der Waals surface area (Å²) in [6.07, 6.45) is 1.14. The molecule has 0 saturated carbocycles. The van der Waals surface area contributed by atoms with E-state index in [1.54, 1.807) is 45.0 Å². The van der Waals surface area contributed by atoms with E-state index >= 15 is 0 Å². The molecule has 0 fully saturated rings. The second-order valence-corrected chi connectivity index (χ2v) is 7.86. The van der Waals surface area contributed by atoms with Crippen LogP contribution in [0.15, 0.2) is 30.3 Å². The maximum atomic E-state index is 12.0. The van der Waals surface area contributed by atoms with E-state index in [1.165, 1.54) is 7.11 Å². The Labute approximate surface area is 177 Å². The molecule has 0 saturated heterocycles. The summed E-state index contributed by atoms with van der Waals surface area (Å²) in [4.78, 5) is 47.6. The monoisotopic (exact) mass is 420 g/mol. The Balaban J connectivity index is 2.28. The molecular formula is C22H32N2O6. The van der Waals surface area contributed by atoms with Crippen molar-refractivity contribution >= 4 is 23.8 Å². The molecule has 1 atom stereocenters. The van der Waals surface area contributed by atoms with Crippen LogP contribution in [0.4, 0.5) is 4.79 Å². The molecule has 1 aromatic rings. The third-order valence-corrected chi connectivity index (χ3v) is 4.09. The van der Waals surface area contributed by atoms with Crippen LogP contribution < -0.4 is 10.6 Å². The molecule has 0 heterocycles. The molecule has 8 heteroatoms. The fraction of sp³-hybridized carbons (Fsp3) is 0.545. The predicted octanol–water partition coefficient (Wildman–Crippen LogP) is 3.00. The number of unbranched alkanes of at least 4 members (excludes halogenated alkanes) is 1. The summed E-state index contributed by atoms with van der Waals surface area (Å²) in [7, 11) is 1.25. The van der Waals surface area contributed by atoms with Crippen LogP contribution in [-0.4, -0.2) is 49.1 Å². The van der Waals surface area contributed by atoms with E-state index in [9.17, 15) is 19.2 Å². The van der Waals surface area contributed by atoms with Gasteiger partial charge >= 0.3 is 12.1 Å². The minimum absolute atomic E-state index is 0.0695. The van der Waals surface area contributed by atoms with Gasteiger partial charge in [-0.2, -0.15) is 0 Å². The number of rotatable bonds is 11. The highest BCUT2D eigenvalue weighted by Crippen LogP contribution is 2.09. The first-order chi connectivity index (χ1) is 14.1. The fourth-order valence-electron chi connectivity index (χ4n) is 2.63. The van der Waals surface area contributed by atoms with E-state index in [1.807, 2.05) is 6.07 Å². The van der Waals surface area contributed by atoms with Crippen LogP contribution in [0.5, 0.6) is 0 Å². The first-order valence-corrected chi connectivity index (χ1v) is 10.0. The number of Topliss-reactive ketones (excluding diaryl/α,β-unsaturated/α-hetero) is 1. The standard InChI is InChI=1S/C22H32N2O6/c1-22(2,3)30-21(28)24-17(20(27)29-4)12-8-9-15-23-19(26)14-13-18(25)16-10-6-5-7-11-16/h5-7,10-11,17H,8-9,12-15H2,1-4H3,(H,23,26)(H,24,28)/t17-/m0/s1. The Bertz CT molecular complexity index is 712. The van der Waals surface area contributed by atoms with Gasteiger partial charge in [0, 0.05) is 24.9 Å². The van der Waals surface area contributed by atoms with Crippen LogP contribution >= 0.6 is 0 Å². The van der Waals surface area contributed by atoms with Crippen molar-refractivity contribution in [1.82, 2.24) is 10.6 Å². The van der Waals surface area contributed by atoms with Gasteiger partial charge in [0.2, 0.25) is 5.91 Å². The lowest BCUT2D eigenvalue weighted by atomic mass is 10.1. The topological polar surface area (TPSA) is 111 Å². The normalized spacial score (nSPS) is 11.9. The van der Waals surface area contributed by atoms with Gasteiger partial charge in [-0.3, -0.25) is 9.59 Å². The van der Waals surface area contributed by atoms with Crippen molar-refractivity contribution in [3.05, 3.63) is 35.9 Å². The number of amides is 2. The van der Waals surface area contributed by atoms with Crippen LogP contribution in [0.25, 0.3) is 0 Å². The number of esters is 1. The number of alkyl carbamates (subject to hydrolysis) is 1. The van der Waals surface area contributed by atoms with Gasteiger partial charge in [0.1, 0.15) is 11.6 Å². The lowest BCUT2D eigenvalue weighted by Crippen LogP contribution is -2.44. The largest absolute Gasteiger partial charge is 0.467 e. The second kappa shape index (κ2) is 12.6. The number of ether oxygens (including phenoxy) is 2. The fourth-order valence-corrected chi connectivity index (χ4v) is 2.63. The van der Waals surface area contributed by atoms with Crippen LogP contribution in [0.2, 0.25) is 0 Å². The molecule has 0 aromatic heterocycles. The highest BCUT2D eigenvalue weighted by molar-refractivity contribution is 5.97. The summed E-state index contributed by atoms with van der Waals surface area (Å²) in [5.41, 5.74) is -0.0756. The zero-order chi connectivity index (χ0) is 22.6. The third kappa shape index (κ3) is 10.6. The molecule has 2 N–H and O–H groups in total. The van der Waals surface area contributed by atoms with E-state index in [4.69, 9.17) is 9.47 Å². The Morgan fingerprint density at radius 1 is 1.00 bits per heavy atom. The average Bonchev–Trinajstić information content (AvgIpc) is 2.69. The van der Waals surface area contributed by atoms with Crippen LogP contribution in [0.1, 0.15) is 63.2 Å². The molecule has 2 amide bonds. The van der Waals surface area contributed by atoms with Crippen molar-refractivity contribution in [1.29, 1.82) is 0 Å². The maximum absolute atomic E-state index is 12.0. The zero-order valence-corrected chi connectivity index (χ0v) is 18.2. The summed E-state index contributed by atoms with van der Waals surface area (Å²) in [5.74, 6) is -0.820. The number of benzene rings is 1. The number of hydrogen-bond donors (Lipinski definition) is 2. The lowest BCUT2D eigenvalue weighted by molar-refractivity contribution is -0.143. The van der Waals surface area contributed by atoms with Gasteiger partial charge in [0.05, 0.1) is 7.11 Å². The van der Waals surface area contributed by atoms with E-state index < -0.39 is 23.7 Å². The van der Waals surface area contributed by atoms with Crippen molar-refractivity contribution in [3.63, 3.8) is 0 Å². The smallest absolute Gasteiger partial charge is 0.408 e. The van der Waals surface area contributed by atoms with Gasteiger partial charge in [-0.25, -0.2) is 9.59 Å². The molecule has 1 rings (SSSR count). The minimum Gasteiger partial charge on any atom is -0.467 e. The molecule has 0 bridgehead atoms. The van der Waals surface area contributed by atoms with Gasteiger partial charge < -0.3 is 20.1 Å². The molecule has 0 aliphatic carbocycles. The summed E-state index contributed by atoms with van der Waals surface area (Å²) in [6.45, 7) is 5.61. The van der Waals surface area contributed by atoms with E-state index in [-0.39, 0.29) is 24.5 Å². The number of nitrogens with one attached hydrogen (secondary N) is 2. The minimum atomic E-state index is -0.816. The van der Waals surface area contributed by atoms with E-state index in [0.29, 0.717) is 31.4 Å². The number of methoxy groups -OCH3 is 1. The van der Waals surface area contributed by atoms with Gasteiger partial charge in [0.25, 0.3) is 0 Å². The highest BCUT2D eigenvalue weighted by atomic mass is 16.6. The molecule has 8 nitrogen and oxygen atoms in total. The quantitative estimate of drug-likeness (QED) is 0.323. The molecular weight excluding hydrogens is 388 g/mol. The molecule has 0 spiro atoms. The molecule has 1 aromatic carbocycles. The summed E-state index contributed by atoms with van der Waals surface area (Å²) in [6, 6.07) is 8.03. The first-order valence-electron chi connectivity index (χ1n) is 10.0. The third-order valence-electron chi connectivity index (χ3n) is 4.09. The summed E-state index contributed by atoms with van der Waals surface area (Å²) < 4.78 is 9.88. The molecule has 0 aliphatic rings. The summed E-state index contributed by atoms with van der Waals surface area (Å²) >= 11 is 0. The molecule has 166 valence electrons. The van der Waals surface area contributed by atoms with Crippen molar-refractivity contribution in [2.45, 2.75) is 64.5 Å². The van der Waals surface area contributed by atoms with Crippen LogP contribution in [0.3, 0.4) is 0 Å². The lowest BCUT2D eigenvalue weighted by Gasteiger charge is -2.22. The number of carbonyl (C=O) groups excluding carboxylic acids is 4. The first kappa shape index (κ1) is 25.1. The Hall–Kier alpha value is -2.90. The van der Waals surface area contributed by atoms with E-state index in [2.05, 4.69) is 10.6 Å². The van der Waals surface area contributed by atoms with Crippen LogP contribution in [-0.2, 0) is 19.1 Å². The van der Waals surface area contributed by atoms with Gasteiger partial charge in [-0.1, -0.05) is 30.3 Å². The molecule has 0 unspecified atom stereocenters. The SMILES string of the molecule is COC(=O)[C@H](CCCCNC(=O)CCC(=O)c1ccccc1)NC(=O)OC(C)(C)C. The average molecular weight is 421 g/mol. The Kier molecular flexibility index (Phi) is 10.6. The predicted molar refractivity (Wildman–Crippen MR) is 112 cm³/mol. The second-order valence-electron chi connectivity index (χ2n) is 7.86. The van der Waals surface area contributed by atoms with E-state index in [0.717, 1.165) is 0 Å². The molecule has 0 radical (unpaired) electrons. The van der Waals surface area contributed by atoms with Crippen LogP contribution in [0, 0.1) is 0 Å². The van der Waals surface area contributed by atoms with Gasteiger partial charge in [-0.15, -0.1) is 0 Å². The number of hydrogen-bond acceptors (Lipinski definition) is 6. The summed E-state index contributed by atoms with van der Waals surface area (Å²) in [5, 5.41) is 5.27. The van der Waals surface area contributed by atoms with Crippen molar-refractivity contribution in [3.8, 4) is 0 Å². The van der Waals surface area contributed by atoms with Crippen molar-refractivity contribution in [2.24, 2.45) is 0 Å². The molecule has 0 aliphatic heterocycles. The number of carbonyl (C=O) groups is 4. The van der Waals surface area contributed by atoms with Crippen molar-refractivity contribution in [2.75, 3.05) is 13.7 Å². The highest BCUT2D eigenvalue weighted by Gasteiger charge is 2.24. The zero-order valence-electron chi connectivity index (χ0n) is 18.2. The van der Waals surface area contributed by atoms with Crippen molar-refractivity contribution < 1.29 is 28.7 Å². The Morgan fingerprint density at radius 3 is 2.27 bits per heavy atom.